The number of aromatic amines is 1. The number of aromatic nitrogens is 4. The summed E-state index contributed by atoms with van der Waals surface area (Å²) < 4.78 is 5.76. The van der Waals surface area contributed by atoms with Gasteiger partial charge in [0.15, 0.2) is 0 Å². The zero-order valence-electron chi connectivity index (χ0n) is 16.4. The van der Waals surface area contributed by atoms with Gasteiger partial charge in [-0.3, -0.25) is 10.00 Å². The van der Waals surface area contributed by atoms with Crippen molar-refractivity contribution in [3.05, 3.63) is 30.6 Å². The van der Waals surface area contributed by atoms with Crippen LogP contribution in [0.5, 0.6) is 5.88 Å². The lowest BCUT2D eigenvalue weighted by molar-refractivity contribution is 0.233. The molecule has 0 atom stereocenters. The number of pyridine rings is 2. The number of nitrogens with zero attached hydrogens (tertiary/aromatic N) is 5. The van der Waals surface area contributed by atoms with Gasteiger partial charge in [0.25, 0.3) is 0 Å². The lowest BCUT2D eigenvalue weighted by Gasteiger charge is -2.35. The number of H-pyrrole nitrogens is 1. The average molecular weight is 378 g/mol. The molecule has 2 aliphatic rings. The predicted molar refractivity (Wildman–Crippen MR) is 110 cm³/mol. The highest BCUT2D eigenvalue weighted by Gasteiger charge is 2.31. The van der Waals surface area contributed by atoms with Gasteiger partial charge in [0, 0.05) is 55.4 Å². The van der Waals surface area contributed by atoms with E-state index in [-0.39, 0.29) is 6.10 Å². The second-order valence-electron chi connectivity index (χ2n) is 7.96. The summed E-state index contributed by atoms with van der Waals surface area (Å²) in [6.45, 7) is 8.32. The molecule has 0 unspecified atom stereocenters. The summed E-state index contributed by atoms with van der Waals surface area (Å²) in [6, 6.07) is 6.96. The molecule has 0 spiro atoms. The van der Waals surface area contributed by atoms with Crippen molar-refractivity contribution in [2.24, 2.45) is 0 Å². The van der Waals surface area contributed by atoms with Crippen molar-refractivity contribution < 1.29 is 4.74 Å². The molecule has 1 N–H and O–H groups in total. The molecular formula is C21H26N6O. The lowest BCUT2D eigenvalue weighted by Crippen LogP contribution is -2.47. The first-order valence-corrected chi connectivity index (χ1v) is 10.1. The Balaban J connectivity index is 1.41. The topological polar surface area (TPSA) is 70.2 Å². The molecule has 3 aromatic heterocycles. The average Bonchev–Trinajstić information content (AvgIpc) is 3.47. The summed E-state index contributed by atoms with van der Waals surface area (Å²) in [5.74, 6) is 1.65. The molecule has 1 saturated heterocycles. The van der Waals surface area contributed by atoms with Crippen LogP contribution in [0.1, 0.15) is 26.7 Å². The summed E-state index contributed by atoms with van der Waals surface area (Å²) >= 11 is 0. The Bertz CT molecular complexity index is 972. The van der Waals surface area contributed by atoms with E-state index in [0.29, 0.717) is 5.88 Å². The van der Waals surface area contributed by atoms with Gasteiger partial charge in [-0.05, 0) is 38.8 Å². The van der Waals surface area contributed by atoms with Crippen molar-refractivity contribution in [1.29, 1.82) is 0 Å². The number of piperazine rings is 1. The number of rotatable bonds is 5. The molecule has 0 aromatic carbocycles. The quantitative estimate of drug-likeness (QED) is 0.736. The highest BCUT2D eigenvalue weighted by atomic mass is 16.5. The van der Waals surface area contributed by atoms with Crippen molar-refractivity contribution in [3.8, 4) is 17.1 Å². The van der Waals surface area contributed by atoms with Gasteiger partial charge in [0.05, 0.1) is 17.8 Å². The van der Waals surface area contributed by atoms with E-state index in [9.17, 15) is 0 Å². The second kappa shape index (κ2) is 7.05. The zero-order valence-corrected chi connectivity index (χ0v) is 16.4. The van der Waals surface area contributed by atoms with Crippen LogP contribution in [0.2, 0.25) is 0 Å². The van der Waals surface area contributed by atoms with Crippen LogP contribution in [0.4, 0.5) is 5.82 Å². The van der Waals surface area contributed by atoms with E-state index in [2.05, 4.69) is 36.0 Å². The summed E-state index contributed by atoms with van der Waals surface area (Å²) in [4.78, 5) is 14.0. The maximum absolute atomic E-state index is 5.76. The third-order valence-corrected chi connectivity index (χ3v) is 5.50. The fourth-order valence-electron chi connectivity index (χ4n) is 3.92. The molecule has 0 bridgehead atoms. The van der Waals surface area contributed by atoms with Crippen LogP contribution in [-0.2, 0) is 0 Å². The minimum atomic E-state index is 0.0853. The fourth-order valence-corrected chi connectivity index (χ4v) is 3.92. The molecule has 1 aliphatic heterocycles. The highest BCUT2D eigenvalue weighted by molar-refractivity contribution is 5.93. The van der Waals surface area contributed by atoms with Crippen LogP contribution >= 0.6 is 0 Å². The second-order valence-corrected chi connectivity index (χ2v) is 7.96. The Hall–Kier alpha value is -2.67. The van der Waals surface area contributed by atoms with E-state index in [1.165, 1.54) is 12.8 Å². The highest BCUT2D eigenvalue weighted by Crippen LogP contribution is 2.31. The molecule has 2 fully saturated rings. The Morgan fingerprint density at radius 2 is 1.93 bits per heavy atom. The van der Waals surface area contributed by atoms with Gasteiger partial charge >= 0.3 is 0 Å². The molecule has 1 aliphatic carbocycles. The SMILES string of the molecule is CC(C)Oc1cc2c(-c3ccnc(N4CCN(C5CC5)CC4)c3)n[nH]c2cn1. The third kappa shape index (κ3) is 3.42. The van der Waals surface area contributed by atoms with E-state index < -0.39 is 0 Å². The van der Waals surface area contributed by atoms with Crippen molar-refractivity contribution in [2.45, 2.75) is 38.8 Å². The van der Waals surface area contributed by atoms with Gasteiger partial charge in [0.1, 0.15) is 11.5 Å². The zero-order chi connectivity index (χ0) is 19.1. The minimum absolute atomic E-state index is 0.0853. The van der Waals surface area contributed by atoms with Gasteiger partial charge in [-0.2, -0.15) is 5.10 Å². The molecular weight excluding hydrogens is 352 g/mol. The lowest BCUT2D eigenvalue weighted by atomic mass is 10.1. The monoisotopic (exact) mass is 378 g/mol. The Kier molecular flexibility index (Phi) is 4.39. The smallest absolute Gasteiger partial charge is 0.214 e. The first kappa shape index (κ1) is 17.4. The number of anilines is 1. The number of hydrogen-bond donors (Lipinski definition) is 1. The number of fused-ring (bicyclic) bond motifs is 1. The van der Waals surface area contributed by atoms with Gasteiger partial charge in [-0.25, -0.2) is 9.97 Å². The molecule has 0 radical (unpaired) electrons. The fraction of sp³-hybridized carbons (Fsp3) is 0.476. The standard InChI is InChI=1S/C21H26N6O/c1-14(2)28-20-12-17-18(13-23-20)24-25-21(17)15-5-6-22-19(11-15)27-9-7-26(8-10-27)16-3-4-16/h5-6,11-14,16H,3-4,7-10H2,1-2H3,(H,24,25). The third-order valence-electron chi connectivity index (χ3n) is 5.50. The van der Waals surface area contributed by atoms with Crippen molar-refractivity contribution in [2.75, 3.05) is 31.1 Å². The first-order chi connectivity index (χ1) is 13.7. The van der Waals surface area contributed by atoms with E-state index in [0.717, 1.165) is 60.2 Å². The molecule has 4 heterocycles. The van der Waals surface area contributed by atoms with Crippen molar-refractivity contribution in [3.63, 3.8) is 0 Å². The summed E-state index contributed by atoms with van der Waals surface area (Å²) in [5, 5.41) is 8.64. The molecule has 7 nitrogen and oxygen atoms in total. The van der Waals surface area contributed by atoms with Crippen LogP contribution < -0.4 is 9.64 Å². The maximum Gasteiger partial charge on any atom is 0.214 e. The molecule has 7 heteroatoms. The molecule has 5 rings (SSSR count). The van der Waals surface area contributed by atoms with Crippen LogP contribution in [0.25, 0.3) is 22.2 Å². The van der Waals surface area contributed by atoms with Gasteiger partial charge in [0.2, 0.25) is 5.88 Å². The van der Waals surface area contributed by atoms with E-state index in [4.69, 9.17) is 4.74 Å². The maximum atomic E-state index is 5.76. The van der Waals surface area contributed by atoms with E-state index >= 15 is 0 Å². The molecule has 1 saturated carbocycles. The predicted octanol–water partition coefficient (Wildman–Crippen LogP) is 3.09. The van der Waals surface area contributed by atoms with Crippen LogP contribution in [-0.4, -0.2) is 63.4 Å². The van der Waals surface area contributed by atoms with Crippen LogP contribution in [0.3, 0.4) is 0 Å². The molecule has 146 valence electrons. The Morgan fingerprint density at radius 1 is 1.11 bits per heavy atom. The van der Waals surface area contributed by atoms with E-state index in [1.807, 2.05) is 32.2 Å². The van der Waals surface area contributed by atoms with Crippen LogP contribution in [0, 0.1) is 0 Å². The Morgan fingerprint density at radius 3 is 2.68 bits per heavy atom. The number of hydrogen-bond acceptors (Lipinski definition) is 6. The number of nitrogens with one attached hydrogen (secondary N) is 1. The first-order valence-electron chi connectivity index (χ1n) is 10.1. The largest absolute Gasteiger partial charge is 0.475 e. The summed E-state index contributed by atoms with van der Waals surface area (Å²) in [5.41, 5.74) is 2.87. The summed E-state index contributed by atoms with van der Waals surface area (Å²) in [7, 11) is 0. The van der Waals surface area contributed by atoms with Gasteiger partial charge in [-0.1, -0.05) is 0 Å². The molecule has 3 aromatic rings. The Labute approximate surface area is 164 Å². The normalized spacial score (nSPS) is 18.2. The van der Waals surface area contributed by atoms with Crippen molar-refractivity contribution in [1.82, 2.24) is 25.1 Å². The van der Waals surface area contributed by atoms with Crippen molar-refractivity contribution >= 4 is 16.7 Å². The molecule has 28 heavy (non-hydrogen) atoms. The van der Waals surface area contributed by atoms with Gasteiger partial charge in [-0.15, -0.1) is 0 Å². The van der Waals surface area contributed by atoms with E-state index in [1.54, 1.807) is 6.20 Å². The number of ether oxygens (including phenoxy) is 1. The molecule has 0 amide bonds. The summed E-state index contributed by atoms with van der Waals surface area (Å²) in [6.07, 6.45) is 6.49. The van der Waals surface area contributed by atoms with Gasteiger partial charge < -0.3 is 9.64 Å². The van der Waals surface area contributed by atoms with Crippen LogP contribution in [0.15, 0.2) is 30.6 Å². The minimum Gasteiger partial charge on any atom is -0.475 e.